The lowest BCUT2D eigenvalue weighted by molar-refractivity contribution is 0.0601. The molecule has 0 aliphatic carbocycles. The molecule has 1 aromatic carbocycles. The third-order valence-corrected chi connectivity index (χ3v) is 2.72. The number of rotatable bonds is 4. The summed E-state index contributed by atoms with van der Waals surface area (Å²) in [6.07, 6.45) is 1.67. The number of amides is 2. The molecular formula is C15H15N3O3. The molecule has 0 bridgehead atoms. The number of carbonyl (C=O) groups excluding carboxylic acids is 2. The molecule has 0 fully saturated rings. The molecule has 6 nitrogen and oxygen atoms in total. The van der Waals surface area contributed by atoms with Gasteiger partial charge in [0.1, 0.15) is 0 Å². The number of anilines is 1. The van der Waals surface area contributed by atoms with Crippen molar-refractivity contribution in [3.8, 4) is 0 Å². The molecule has 0 aliphatic heterocycles. The highest BCUT2D eigenvalue weighted by atomic mass is 16.5. The molecule has 2 N–H and O–H groups in total. The van der Waals surface area contributed by atoms with Gasteiger partial charge in [0, 0.05) is 11.9 Å². The zero-order chi connectivity index (χ0) is 15.1. The lowest BCUT2D eigenvalue weighted by atomic mass is 10.2. The first-order chi connectivity index (χ1) is 10.2. The number of benzene rings is 1. The lowest BCUT2D eigenvalue weighted by Crippen LogP contribution is -2.28. The van der Waals surface area contributed by atoms with Crippen molar-refractivity contribution in [3.05, 3.63) is 59.9 Å². The zero-order valence-corrected chi connectivity index (χ0v) is 11.5. The molecule has 21 heavy (non-hydrogen) atoms. The maximum absolute atomic E-state index is 11.7. The molecule has 0 atom stereocenters. The number of esters is 1. The van der Waals surface area contributed by atoms with Crippen LogP contribution in [-0.2, 0) is 11.3 Å². The Morgan fingerprint density at radius 3 is 2.52 bits per heavy atom. The van der Waals surface area contributed by atoms with Crippen molar-refractivity contribution >= 4 is 17.7 Å². The summed E-state index contributed by atoms with van der Waals surface area (Å²) in [7, 11) is 1.32. The van der Waals surface area contributed by atoms with E-state index >= 15 is 0 Å². The standard InChI is InChI=1S/C15H15N3O3/c1-21-14(19)11-5-7-12(8-6-11)18-15(20)17-10-13-4-2-3-9-16-13/h2-9H,10H2,1H3,(H2,17,18,20). The molecule has 1 heterocycles. The second-order valence-electron chi connectivity index (χ2n) is 4.20. The Kier molecular flexibility index (Phi) is 4.87. The van der Waals surface area contributed by atoms with Crippen LogP contribution in [-0.4, -0.2) is 24.1 Å². The summed E-state index contributed by atoms with van der Waals surface area (Å²) in [5, 5.41) is 5.36. The van der Waals surface area contributed by atoms with Gasteiger partial charge in [-0.25, -0.2) is 9.59 Å². The fraction of sp³-hybridized carbons (Fsp3) is 0.133. The third-order valence-electron chi connectivity index (χ3n) is 2.72. The molecule has 0 aliphatic rings. The number of ether oxygens (including phenoxy) is 1. The highest BCUT2D eigenvalue weighted by Gasteiger charge is 2.06. The van der Waals surface area contributed by atoms with Gasteiger partial charge in [-0.2, -0.15) is 0 Å². The average Bonchev–Trinajstić information content (AvgIpc) is 2.54. The van der Waals surface area contributed by atoms with Crippen LogP contribution in [0.5, 0.6) is 0 Å². The molecule has 2 aromatic rings. The minimum atomic E-state index is -0.416. The van der Waals surface area contributed by atoms with Crippen molar-refractivity contribution < 1.29 is 14.3 Å². The normalized spacial score (nSPS) is 9.76. The molecule has 1 aromatic heterocycles. The maximum Gasteiger partial charge on any atom is 0.337 e. The zero-order valence-electron chi connectivity index (χ0n) is 11.5. The number of carbonyl (C=O) groups is 2. The molecular weight excluding hydrogens is 270 g/mol. The van der Waals surface area contributed by atoms with Crippen LogP contribution in [0.3, 0.4) is 0 Å². The van der Waals surface area contributed by atoms with E-state index < -0.39 is 5.97 Å². The number of urea groups is 1. The van der Waals surface area contributed by atoms with E-state index in [1.165, 1.54) is 7.11 Å². The summed E-state index contributed by atoms with van der Waals surface area (Å²) in [5.74, 6) is -0.416. The van der Waals surface area contributed by atoms with Crippen LogP contribution < -0.4 is 10.6 Å². The third kappa shape index (κ3) is 4.31. The van der Waals surface area contributed by atoms with Crippen molar-refractivity contribution in [1.82, 2.24) is 10.3 Å². The molecule has 0 unspecified atom stereocenters. The van der Waals surface area contributed by atoms with Crippen molar-refractivity contribution in [2.75, 3.05) is 12.4 Å². The monoisotopic (exact) mass is 285 g/mol. The predicted molar refractivity (Wildman–Crippen MR) is 77.9 cm³/mol. The lowest BCUT2D eigenvalue weighted by Gasteiger charge is -2.07. The van der Waals surface area contributed by atoms with Gasteiger partial charge in [-0.05, 0) is 36.4 Å². The average molecular weight is 285 g/mol. The second kappa shape index (κ2) is 7.04. The van der Waals surface area contributed by atoms with Crippen LogP contribution in [0.4, 0.5) is 10.5 Å². The van der Waals surface area contributed by atoms with Crippen molar-refractivity contribution in [3.63, 3.8) is 0 Å². The molecule has 0 radical (unpaired) electrons. The number of aromatic nitrogens is 1. The van der Waals surface area contributed by atoms with Crippen LogP contribution in [0.1, 0.15) is 16.1 Å². The fourth-order valence-electron chi connectivity index (χ4n) is 1.66. The molecule has 6 heteroatoms. The van der Waals surface area contributed by atoms with Crippen molar-refractivity contribution in [2.45, 2.75) is 6.54 Å². The Labute approximate surface area is 122 Å². The van der Waals surface area contributed by atoms with Crippen molar-refractivity contribution in [2.24, 2.45) is 0 Å². The molecule has 0 saturated carbocycles. The van der Waals surface area contributed by atoms with Gasteiger partial charge in [0.2, 0.25) is 0 Å². The van der Waals surface area contributed by atoms with Crippen LogP contribution in [0.25, 0.3) is 0 Å². The quantitative estimate of drug-likeness (QED) is 0.844. The van der Waals surface area contributed by atoms with Gasteiger partial charge in [0.25, 0.3) is 0 Å². The molecule has 108 valence electrons. The predicted octanol–water partition coefficient (Wildman–Crippen LogP) is 2.19. The smallest absolute Gasteiger partial charge is 0.337 e. The summed E-state index contributed by atoms with van der Waals surface area (Å²) in [6.45, 7) is 0.340. The summed E-state index contributed by atoms with van der Waals surface area (Å²) in [6, 6.07) is 11.6. The summed E-state index contributed by atoms with van der Waals surface area (Å²) in [4.78, 5) is 27.1. The minimum absolute atomic E-state index is 0.340. The van der Waals surface area contributed by atoms with E-state index in [1.54, 1.807) is 30.5 Å². The SMILES string of the molecule is COC(=O)c1ccc(NC(=O)NCc2ccccn2)cc1. The minimum Gasteiger partial charge on any atom is -0.465 e. The Bertz CT molecular complexity index is 612. The highest BCUT2D eigenvalue weighted by molar-refractivity contribution is 5.92. The van der Waals surface area contributed by atoms with E-state index in [9.17, 15) is 9.59 Å². The van der Waals surface area contributed by atoms with Crippen LogP contribution in [0, 0.1) is 0 Å². The molecule has 2 rings (SSSR count). The van der Waals surface area contributed by atoms with E-state index in [4.69, 9.17) is 0 Å². The van der Waals surface area contributed by atoms with Gasteiger partial charge in [-0.15, -0.1) is 0 Å². The van der Waals surface area contributed by atoms with Gasteiger partial charge in [0.15, 0.2) is 0 Å². The maximum atomic E-state index is 11.7. The van der Waals surface area contributed by atoms with Gasteiger partial charge in [0.05, 0.1) is 24.9 Å². The Morgan fingerprint density at radius 1 is 1.14 bits per heavy atom. The first-order valence-electron chi connectivity index (χ1n) is 6.32. The first kappa shape index (κ1) is 14.5. The summed E-state index contributed by atoms with van der Waals surface area (Å²) in [5.41, 5.74) is 1.78. The Morgan fingerprint density at radius 2 is 1.90 bits per heavy atom. The number of methoxy groups -OCH3 is 1. The molecule has 0 spiro atoms. The fourth-order valence-corrected chi connectivity index (χ4v) is 1.66. The highest BCUT2D eigenvalue weighted by Crippen LogP contribution is 2.10. The van der Waals surface area contributed by atoms with Crippen LogP contribution >= 0.6 is 0 Å². The number of pyridine rings is 1. The van der Waals surface area contributed by atoms with Gasteiger partial charge in [-0.1, -0.05) is 6.07 Å². The summed E-state index contributed by atoms with van der Waals surface area (Å²) >= 11 is 0. The van der Waals surface area contributed by atoms with E-state index in [1.807, 2.05) is 18.2 Å². The number of hydrogen-bond acceptors (Lipinski definition) is 4. The molecule has 2 amide bonds. The van der Waals surface area contributed by atoms with E-state index in [2.05, 4.69) is 20.4 Å². The van der Waals surface area contributed by atoms with E-state index in [0.29, 0.717) is 17.8 Å². The Balaban J connectivity index is 1.86. The van der Waals surface area contributed by atoms with Crippen molar-refractivity contribution in [1.29, 1.82) is 0 Å². The summed E-state index contributed by atoms with van der Waals surface area (Å²) < 4.78 is 4.60. The first-order valence-corrected chi connectivity index (χ1v) is 6.32. The van der Waals surface area contributed by atoms with Crippen LogP contribution in [0.15, 0.2) is 48.7 Å². The topological polar surface area (TPSA) is 80.3 Å². The van der Waals surface area contributed by atoms with Crippen LogP contribution in [0.2, 0.25) is 0 Å². The van der Waals surface area contributed by atoms with Gasteiger partial charge in [-0.3, -0.25) is 4.98 Å². The number of nitrogens with one attached hydrogen (secondary N) is 2. The number of hydrogen-bond donors (Lipinski definition) is 2. The van der Waals surface area contributed by atoms with E-state index in [-0.39, 0.29) is 6.03 Å². The second-order valence-corrected chi connectivity index (χ2v) is 4.20. The largest absolute Gasteiger partial charge is 0.465 e. The Hall–Kier alpha value is -2.89. The number of nitrogens with zero attached hydrogens (tertiary/aromatic N) is 1. The van der Waals surface area contributed by atoms with Gasteiger partial charge >= 0.3 is 12.0 Å². The van der Waals surface area contributed by atoms with Gasteiger partial charge < -0.3 is 15.4 Å². The molecule has 0 saturated heterocycles. The van der Waals surface area contributed by atoms with E-state index in [0.717, 1.165) is 5.69 Å².